The summed E-state index contributed by atoms with van der Waals surface area (Å²) in [5.74, 6) is -2.17. The highest BCUT2D eigenvalue weighted by Crippen LogP contribution is 2.30. The number of halogens is 3. The van der Waals surface area contributed by atoms with Crippen molar-refractivity contribution in [2.75, 3.05) is 13.2 Å². The summed E-state index contributed by atoms with van der Waals surface area (Å²) in [6.45, 7) is 2.83. The minimum Gasteiger partial charge on any atom is -0.479 e. The van der Waals surface area contributed by atoms with Crippen molar-refractivity contribution in [3.63, 3.8) is 0 Å². The van der Waals surface area contributed by atoms with Crippen LogP contribution in [0.1, 0.15) is 26.7 Å². The molecule has 1 atom stereocenters. The Hall–Kier alpha value is -1.51. The predicted octanol–water partition coefficient (Wildman–Crippen LogP) is 1.26. The fourth-order valence-corrected chi connectivity index (χ4v) is 1.72. The molecule has 1 heterocycles. The fraction of sp³-hybridized carbons (Fsp3) is 0.818. The van der Waals surface area contributed by atoms with E-state index < -0.39 is 29.3 Å². The summed E-state index contributed by atoms with van der Waals surface area (Å²) < 4.78 is 43.3. The summed E-state index contributed by atoms with van der Waals surface area (Å²) >= 11 is 0. The number of nitrogens with one attached hydrogen (secondary N) is 2. The molecule has 1 fully saturated rings. The average Bonchev–Trinajstić information content (AvgIpc) is 2.26. The van der Waals surface area contributed by atoms with Gasteiger partial charge in [-0.15, -0.1) is 0 Å². The third-order valence-electron chi connectivity index (χ3n) is 3.37. The van der Waals surface area contributed by atoms with Crippen molar-refractivity contribution in [1.29, 1.82) is 0 Å². The highest BCUT2D eigenvalue weighted by molar-refractivity contribution is 5.87. The normalized spacial score (nSPS) is 21.6. The third kappa shape index (κ3) is 3.53. The molecule has 6 nitrogen and oxygen atoms in total. The van der Waals surface area contributed by atoms with Gasteiger partial charge in [0.05, 0.1) is 0 Å². The molecule has 1 aliphatic rings. The largest absolute Gasteiger partial charge is 0.479 e. The van der Waals surface area contributed by atoms with E-state index in [0.29, 0.717) is 33.0 Å². The maximum absolute atomic E-state index is 12.7. The summed E-state index contributed by atoms with van der Waals surface area (Å²) in [6, 6.07) is -1.17. The van der Waals surface area contributed by atoms with Crippen molar-refractivity contribution in [2.45, 2.75) is 43.9 Å². The van der Waals surface area contributed by atoms with Crippen LogP contribution >= 0.6 is 0 Å². The van der Waals surface area contributed by atoms with Crippen molar-refractivity contribution in [3.8, 4) is 0 Å². The zero-order chi connectivity index (χ0) is 15.6. The van der Waals surface area contributed by atoms with E-state index in [4.69, 9.17) is 9.84 Å². The summed E-state index contributed by atoms with van der Waals surface area (Å²) in [6.07, 6.45) is -4.22. The van der Waals surface area contributed by atoms with E-state index >= 15 is 0 Å². The van der Waals surface area contributed by atoms with E-state index in [1.165, 1.54) is 5.32 Å². The van der Waals surface area contributed by atoms with Crippen LogP contribution in [-0.2, 0) is 9.53 Å². The number of ether oxygens (including phenoxy) is 1. The smallest absolute Gasteiger partial charge is 0.422 e. The molecule has 1 saturated heterocycles. The van der Waals surface area contributed by atoms with Gasteiger partial charge in [-0.3, -0.25) is 0 Å². The molecular formula is C11H17F3N2O4. The Labute approximate surface area is 113 Å². The first kappa shape index (κ1) is 16.5. The number of rotatable bonds is 3. The number of carbonyl (C=O) groups is 2. The Morgan fingerprint density at radius 3 is 2.15 bits per heavy atom. The molecule has 0 spiro atoms. The summed E-state index contributed by atoms with van der Waals surface area (Å²) in [5, 5.41) is 12.6. The second kappa shape index (κ2) is 5.47. The number of hydrogen-bond donors (Lipinski definition) is 3. The molecule has 1 aliphatic heterocycles. The van der Waals surface area contributed by atoms with Gasteiger partial charge >= 0.3 is 18.2 Å². The molecule has 9 heteroatoms. The zero-order valence-electron chi connectivity index (χ0n) is 11.1. The van der Waals surface area contributed by atoms with E-state index in [1.54, 1.807) is 6.92 Å². The maximum Gasteiger partial charge on any atom is 0.422 e. The number of alkyl halides is 3. The second-order valence-corrected chi connectivity index (χ2v) is 5.18. The molecule has 1 rings (SSSR count). The van der Waals surface area contributed by atoms with Crippen molar-refractivity contribution >= 4 is 12.0 Å². The van der Waals surface area contributed by atoms with Crippen LogP contribution in [0, 0.1) is 0 Å². The van der Waals surface area contributed by atoms with Crippen LogP contribution < -0.4 is 10.6 Å². The number of urea groups is 1. The SMILES string of the molecule is CC1(NC(=O)NC(C)(C(=O)O)C(F)(F)F)CCOCC1. The van der Waals surface area contributed by atoms with E-state index in [1.807, 2.05) is 0 Å². The summed E-state index contributed by atoms with van der Waals surface area (Å²) in [4.78, 5) is 22.4. The van der Waals surface area contributed by atoms with Crippen LogP contribution in [0.15, 0.2) is 0 Å². The molecule has 0 saturated carbocycles. The summed E-state index contributed by atoms with van der Waals surface area (Å²) in [5.41, 5.74) is -4.05. The number of carbonyl (C=O) groups excluding carboxylic acids is 1. The lowest BCUT2D eigenvalue weighted by molar-refractivity contribution is -0.203. The predicted molar refractivity (Wildman–Crippen MR) is 62.2 cm³/mol. The second-order valence-electron chi connectivity index (χ2n) is 5.18. The van der Waals surface area contributed by atoms with E-state index in [-0.39, 0.29) is 0 Å². The molecular weight excluding hydrogens is 281 g/mol. The Bertz CT molecular complexity index is 394. The van der Waals surface area contributed by atoms with Gasteiger partial charge in [-0.2, -0.15) is 13.2 Å². The standard InChI is InChI=1S/C11H17F3N2O4/c1-9(3-5-20-6-4-9)15-8(19)16-10(2,7(17)18)11(12,13)14/h3-6H2,1-2H3,(H,17,18)(H2,15,16,19). The van der Waals surface area contributed by atoms with E-state index in [2.05, 4.69) is 5.32 Å². The fourth-order valence-electron chi connectivity index (χ4n) is 1.72. The lowest BCUT2D eigenvalue weighted by Gasteiger charge is -2.36. The first-order chi connectivity index (χ1) is 9.00. The van der Waals surface area contributed by atoms with Gasteiger partial charge in [0.15, 0.2) is 0 Å². The highest BCUT2D eigenvalue weighted by atomic mass is 19.4. The van der Waals surface area contributed by atoms with Gasteiger partial charge in [-0.25, -0.2) is 9.59 Å². The van der Waals surface area contributed by atoms with Gasteiger partial charge in [0, 0.05) is 18.8 Å². The van der Waals surface area contributed by atoms with Gasteiger partial charge in [-0.1, -0.05) is 0 Å². The van der Waals surface area contributed by atoms with Gasteiger partial charge in [0.25, 0.3) is 0 Å². The van der Waals surface area contributed by atoms with E-state index in [9.17, 15) is 22.8 Å². The first-order valence-corrected chi connectivity index (χ1v) is 5.98. The van der Waals surface area contributed by atoms with Gasteiger partial charge in [0.1, 0.15) is 0 Å². The van der Waals surface area contributed by atoms with Crippen LogP contribution in [0.4, 0.5) is 18.0 Å². The Morgan fingerprint density at radius 2 is 1.75 bits per heavy atom. The minimum atomic E-state index is -5.10. The third-order valence-corrected chi connectivity index (χ3v) is 3.37. The van der Waals surface area contributed by atoms with Crippen molar-refractivity contribution in [1.82, 2.24) is 10.6 Å². The number of carboxylic acid groups (broad SMARTS) is 1. The van der Waals surface area contributed by atoms with Crippen LogP contribution in [-0.4, -0.2) is 47.6 Å². The molecule has 116 valence electrons. The monoisotopic (exact) mass is 298 g/mol. The zero-order valence-corrected chi connectivity index (χ0v) is 11.1. The molecule has 0 aromatic carbocycles. The number of amides is 2. The van der Waals surface area contributed by atoms with Gasteiger partial charge < -0.3 is 20.5 Å². The molecule has 20 heavy (non-hydrogen) atoms. The molecule has 0 aromatic rings. The average molecular weight is 298 g/mol. The minimum absolute atomic E-state index is 0.381. The Balaban J connectivity index is 2.75. The highest BCUT2D eigenvalue weighted by Gasteiger charge is 2.58. The summed E-state index contributed by atoms with van der Waals surface area (Å²) in [7, 11) is 0. The molecule has 2 amide bonds. The van der Waals surface area contributed by atoms with Crippen molar-refractivity contribution in [3.05, 3.63) is 0 Å². The van der Waals surface area contributed by atoms with Crippen LogP contribution in [0.25, 0.3) is 0 Å². The molecule has 0 aromatic heterocycles. The molecule has 0 aliphatic carbocycles. The topological polar surface area (TPSA) is 87.7 Å². The van der Waals surface area contributed by atoms with Gasteiger partial charge in [-0.05, 0) is 26.7 Å². The van der Waals surface area contributed by atoms with Crippen LogP contribution in [0.2, 0.25) is 0 Å². The van der Waals surface area contributed by atoms with Crippen LogP contribution in [0.5, 0.6) is 0 Å². The van der Waals surface area contributed by atoms with Crippen molar-refractivity contribution in [2.24, 2.45) is 0 Å². The quantitative estimate of drug-likeness (QED) is 0.732. The van der Waals surface area contributed by atoms with E-state index in [0.717, 1.165) is 0 Å². The molecule has 0 radical (unpaired) electrons. The molecule has 3 N–H and O–H groups in total. The Morgan fingerprint density at radius 1 is 1.25 bits per heavy atom. The maximum atomic E-state index is 12.7. The molecule has 1 unspecified atom stereocenters. The first-order valence-electron chi connectivity index (χ1n) is 5.98. The number of carboxylic acids is 1. The molecule has 0 bridgehead atoms. The van der Waals surface area contributed by atoms with Crippen LogP contribution in [0.3, 0.4) is 0 Å². The van der Waals surface area contributed by atoms with Crippen molar-refractivity contribution < 1.29 is 32.6 Å². The lowest BCUT2D eigenvalue weighted by atomic mass is 9.92. The number of aliphatic carboxylic acids is 1. The number of hydrogen-bond acceptors (Lipinski definition) is 3. The lowest BCUT2D eigenvalue weighted by Crippen LogP contribution is -2.65. The van der Waals surface area contributed by atoms with Gasteiger partial charge in [0.2, 0.25) is 5.54 Å². The Kier molecular flexibility index (Phi) is 4.52.